The molecule has 0 heterocycles. The van der Waals surface area contributed by atoms with Crippen LogP contribution in [-0.2, 0) is 4.74 Å². The van der Waals surface area contributed by atoms with Crippen LogP contribution in [0.4, 0.5) is 4.79 Å². The lowest BCUT2D eigenvalue weighted by Crippen LogP contribution is -2.37. The second kappa shape index (κ2) is 6.92. The number of ether oxygens (including phenoxy) is 1. The molecule has 0 radical (unpaired) electrons. The van der Waals surface area contributed by atoms with E-state index < -0.39 is 0 Å². The van der Waals surface area contributed by atoms with Crippen LogP contribution in [0, 0.1) is 0 Å². The molecule has 0 bridgehead atoms. The Balaban J connectivity index is 1.66. The minimum absolute atomic E-state index is 0.0687. The van der Waals surface area contributed by atoms with Crippen molar-refractivity contribution in [3.05, 3.63) is 0 Å². The van der Waals surface area contributed by atoms with Crippen molar-refractivity contribution in [2.45, 2.75) is 76.0 Å². The Morgan fingerprint density at radius 3 is 2.12 bits per heavy atom. The SMILES string of the molecule is O=C(I)NC1CCC(OC2CCCCC2)CC1. The van der Waals surface area contributed by atoms with E-state index in [-0.39, 0.29) is 3.91 Å². The fourth-order valence-electron chi connectivity index (χ4n) is 2.98. The average molecular weight is 351 g/mol. The summed E-state index contributed by atoms with van der Waals surface area (Å²) in [5, 5.41) is 3.00. The summed E-state index contributed by atoms with van der Waals surface area (Å²) in [6, 6.07) is 0.380. The van der Waals surface area contributed by atoms with Gasteiger partial charge in [-0.3, -0.25) is 4.79 Å². The number of hydrogen-bond acceptors (Lipinski definition) is 2. The molecular weight excluding hydrogens is 329 g/mol. The Bertz CT molecular complexity index is 246. The molecule has 2 rings (SSSR count). The summed E-state index contributed by atoms with van der Waals surface area (Å²) in [5.74, 6) is 0. The van der Waals surface area contributed by atoms with Gasteiger partial charge in [-0.1, -0.05) is 19.3 Å². The quantitative estimate of drug-likeness (QED) is 0.477. The summed E-state index contributed by atoms with van der Waals surface area (Å²) < 4.78 is 6.24. The highest BCUT2D eigenvalue weighted by Crippen LogP contribution is 2.27. The first-order chi connectivity index (χ1) is 8.24. The first-order valence-corrected chi connectivity index (χ1v) is 7.93. The number of carbonyl (C=O) groups excluding carboxylic acids is 1. The average Bonchev–Trinajstić information content (AvgIpc) is 2.32. The molecule has 0 aromatic rings. The lowest BCUT2D eigenvalue weighted by molar-refractivity contribution is -0.0476. The Kier molecular flexibility index (Phi) is 5.53. The van der Waals surface area contributed by atoms with Crippen molar-refractivity contribution in [2.75, 3.05) is 0 Å². The van der Waals surface area contributed by atoms with Gasteiger partial charge in [0.05, 0.1) is 12.2 Å². The van der Waals surface area contributed by atoms with Gasteiger partial charge in [0, 0.05) is 28.6 Å². The molecule has 1 amide bonds. The summed E-state index contributed by atoms with van der Waals surface area (Å²) in [5.41, 5.74) is 0. The zero-order valence-electron chi connectivity index (χ0n) is 10.3. The standard InChI is InChI=1S/C13H22INO2/c14-13(16)15-10-6-8-12(9-7-10)17-11-4-2-1-3-5-11/h10-12H,1-9H2,(H,15,16). The normalized spacial score (nSPS) is 31.1. The number of rotatable bonds is 3. The zero-order chi connectivity index (χ0) is 12.1. The molecule has 98 valence electrons. The number of carbonyl (C=O) groups is 1. The maximum atomic E-state index is 11.0. The van der Waals surface area contributed by atoms with Gasteiger partial charge in [0.2, 0.25) is 0 Å². The molecule has 3 nitrogen and oxygen atoms in total. The minimum Gasteiger partial charge on any atom is -0.375 e. The fourth-order valence-corrected chi connectivity index (χ4v) is 3.42. The molecule has 0 saturated heterocycles. The van der Waals surface area contributed by atoms with Crippen molar-refractivity contribution in [3.63, 3.8) is 0 Å². The molecule has 0 aromatic carbocycles. The van der Waals surface area contributed by atoms with Crippen molar-refractivity contribution in [3.8, 4) is 0 Å². The summed E-state index contributed by atoms with van der Waals surface area (Å²) in [4.78, 5) is 11.0. The minimum atomic E-state index is 0.0687. The van der Waals surface area contributed by atoms with Gasteiger partial charge >= 0.3 is 0 Å². The Hall–Kier alpha value is 0.160. The van der Waals surface area contributed by atoms with Gasteiger partial charge in [-0.05, 0) is 38.5 Å². The van der Waals surface area contributed by atoms with Crippen LogP contribution in [0.15, 0.2) is 0 Å². The van der Waals surface area contributed by atoms with Crippen molar-refractivity contribution in [1.29, 1.82) is 0 Å². The first-order valence-electron chi connectivity index (χ1n) is 6.85. The van der Waals surface area contributed by atoms with Crippen LogP contribution in [0.1, 0.15) is 57.8 Å². The maximum absolute atomic E-state index is 11.0. The molecular formula is C13H22INO2. The maximum Gasteiger partial charge on any atom is 0.280 e. The van der Waals surface area contributed by atoms with Crippen LogP contribution in [0.5, 0.6) is 0 Å². The summed E-state index contributed by atoms with van der Waals surface area (Å²) in [7, 11) is 0. The topological polar surface area (TPSA) is 38.3 Å². The molecule has 1 N–H and O–H groups in total. The Morgan fingerprint density at radius 1 is 0.941 bits per heavy atom. The highest BCUT2D eigenvalue weighted by molar-refractivity contribution is 14.1. The summed E-state index contributed by atoms with van der Waals surface area (Å²) in [6.07, 6.45) is 11.9. The molecule has 2 saturated carbocycles. The number of hydrogen-bond donors (Lipinski definition) is 1. The van der Waals surface area contributed by atoms with E-state index in [1.54, 1.807) is 0 Å². The molecule has 4 heteroatoms. The first kappa shape index (κ1) is 13.6. The molecule has 17 heavy (non-hydrogen) atoms. The van der Waals surface area contributed by atoms with Crippen LogP contribution in [0.25, 0.3) is 0 Å². The fraction of sp³-hybridized carbons (Fsp3) is 0.923. The van der Waals surface area contributed by atoms with Crippen molar-refractivity contribution < 1.29 is 9.53 Å². The molecule has 2 fully saturated rings. The lowest BCUT2D eigenvalue weighted by atomic mass is 9.92. The molecule has 0 spiro atoms. The van der Waals surface area contributed by atoms with E-state index in [4.69, 9.17) is 4.74 Å². The predicted octanol–water partition coefficient (Wildman–Crippen LogP) is 3.79. The predicted molar refractivity (Wildman–Crippen MR) is 76.6 cm³/mol. The van der Waals surface area contributed by atoms with Gasteiger partial charge in [-0.2, -0.15) is 0 Å². The molecule has 0 unspecified atom stereocenters. The van der Waals surface area contributed by atoms with Gasteiger partial charge in [-0.15, -0.1) is 0 Å². The van der Waals surface area contributed by atoms with Crippen LogP contribution in [-0.4, -0.2) is 22.2 Å². The van der Waals surface area contributed by atoms with E-state index in [9.17, 15) is 4.79 Å². The summed E-state index contributed by atoms with van der Waals surface area (Å²) in [6.45, 7) is 0. The highest BCUT2D eigenvalue weighted by Gasteiger charge is 2.25. The van der Waals surface area contributed by atoms with E-state index in [1.165, 1.54) is 32.1 Å². The van der Waals surface area contributed by atoms with Crippen molar-refractivity contribution >= 4 is 26.5 Å². The zero-order valence-corrected chi connectivity index (χ0v) is 12.4. The molecule has 0 aliphatic heterocycles. The van der Waals surface area contributed by atoms with E-state index in [0.29, 0.717) is 18.2 Å². The molecule has 2 aliphatic carbocycles. The van der Waals surface area contributed by atoms with Crippen LogP contribution < -0.4 is 5.32 Å². The largest absolute Gasteiger partial charge is 0.375 e. The van der Waals surface area contributed by atoms with E-state index >= 15 is 0 Å². The van der Waals surface area contributed by atoms with E-state index in [2.05, 4.69) is 5.32 Å². The Labute approximate surface area is 117 Å². The van der Waals surface area contributed by atoms with Gasteiger partial charge < -0.3 is 10.1 Å². The monoisotopic (exact) mass is 351 g/mol. The number of nitrogens with one attached hydrogen (secondary N) is 1. The van der Waals surface area contributed by atoms with E-state index in [1.807, 2.05) is 22.6 Å². The number of halogens is 1. The second-order valence-corrected chi connectivity index (χ2v) is 6.27. The molecule has 0 aromatic heterocycles. The molecule has 2 aliphatic rings. The second-order valence-electron chi connectivity index (χ2n) is 5.29. The van der Waals surface area contributed by atoms with Gasteiger partial charge in [0.15, 0.2) is 0 Å². The van der Waals surface area contributed by atoms with Crippen LogP contribution in [0.2, 0.25) is 0 Å². The third-order valence-corrected chi connectivity index (χ3v) is 4.24. The van der Waals surface area contributed by atoms with Gasteiger partial charge in [0.25, 0.3) is 3.91 Å². The third kappa shape index (κ3) is 4.73. The number of amides is 1. The van der Waals surface area contributed by atoms with Gasteiger partial charge in [0.1, 0.15) is 0 Å². The van der Waals surface area contributed by atoms with Crippen LogP contribution in [0.3, 0.4) is 0 Å². The van der Waals surface area contributed by atoms with Crippen molar-refractivity contribution in [1.82, 2.24) is 5.32 Å². The van der Waals surface area contributed by atoms with Crippen LogP contribution >= 0.6 is 22.6 Å². The third-order valence-electron chi connectivity index (χ3n) is 3.93. The Morgan fingerprint density at radius 2 is 1.53 bits per heavy atom. The smallest absolute Gasteiger partial charge is 0.280 e. The van der Waals surface area contributed by atoms with E-state index in [0.717, 1.165) is 25.7 Å². The summed E-state index contributed by atoms with van der Waals surface area (Å²) >= 11 is 1.81. The lowest BCUT2D eigenvalue weighted by Gasteiger charge is -2.32. The highest BCUT2D eigenvalue weighted by atomic mass is 127. The molecule has 0 atom stereocenters. The van der Waals surface area contributed by atoms with Gasteiger partial charge in [-0.25, -0.2) is 0 Å². The van der Waals surface area contributed by atoms with Crippen molar-refractivity contribution in [2.24, 2.45) is 0 Å².